The summed E-state index contributed by atoms with van der Waals surface area (Å²) in [5.74, 6) is 1.05. The van der Waals surface area contributed by atoms with Crippen molar-refractivity contribution in [3.8, 4) is 6.07 Å². The molecule has 3 rings (SSSR count). The molecular weight excluding hydrogens is 284 g/mol. The topological polar surface area (TPSA) is 55.7 Å². The fourth-order valence-electron chi connectivity index (χ4n) is 3.07. The number of pyridine rings is 1. The first kappa shape index (κ1) is 15.4. The first-order valence-electron chi connectivity index (χ1n) is 8.36. The number of rotatable bonds is 6. The maximum absolute atomic E-state index is 9.50. The summed E-state index contributed by atoms with van der Waals surface area (Å²) in [4.78, 5) is 3.39. The van der Waals surface area contributed by atoms with Crippen molar-refractivity contribution in [2.24, 2.45) is 0 Å². The molecule has 0 spiro atoms. The molecule has 3 aromatic rings. The average molecular weight is 307 g/mol. The molecule has 1 aromatic carbocycles. The highest BCUT2D eigenvalue weighted by Crippen LogP contribution is 2.20. The second-order valence-electron chi connectivity index (χ2n) is 6.01. The minimum atomic E-state index is 0.706. The largest absolute Gasteiger partial charge is 0.305 e. The summed E-state index contributed by atoms with van der Waals surface area (Å²) < 4.78 is 2.13. The van der Waals surface area contributed by atoms with Crippen molar-refractivity contribution in [3.05, 3.63) is 41.5 Å². The molecule has 0 radical (unpaired) electrons. The molecule has 0 aliphatic rings. The number of anilines is 1. The van der Waals surface area contributed by atoms with E-state index in [0.29, 0.717) is 5.56 Å². The molecule has 0 saturated heterocycles. The first-order chi connectivity index (χ1) is 11.3. The normalized spacial score (nSPS) is 11.0. The Morgan fingerprint density at radius 3 is 2.83 bits per heavy atom. The van der Waals surface area contributed by atoms with E-state index < -0.39 is 0 Å². The molecule has 0 amide bonds. The Bertz CT molecular complexity index is 870. The number of hydrogen-bond donors (Lipinski definition) is 2. The number of benzene rings is 1. The van der Waals surface area contributed by atoms with Crippen molar-refractivity contribution < 1.29 is 4.40 Å². The van der Waals surface area contributed by atoms with E-state index in [-0.39, 0.29) is 0 Å². The van der Waals surface area contributed by atoms with Crippen LogP contribution >= 0.6 is 0 Å². The number of aryl methyl sites for hydroxylation is 1. The number of hydrogen-bond acceptors (Lipinski definition) is 2. The van der Waals surface area contributed by atoms with Crippen LogP contribution in [0.15, 0.2) is 30.3 Å². The summed E-state index contributed by atoms with van der Waals surface area (Å²) in [5, 5.41) is 13.1. The zero-order valence-corrected chi connectivity index (χ0v) is 13.8. The van der Waals surface area contributed by atoms with Crippen molar-refractivity contribution in [2.45, 2.75) is 39.5 Å². The highest BCUT2D eigenvalue weighted by molar-refractivity contribution is 5.77. The summed E-state index contributed by atoms with van der Waals surface area (Å²) in [5.41, 5.74) is 4.70. The van der Waals surface area contributed by atoms with Crippen LogP contribution in [0.4, 0.5) is 5.82 Å². The molecule has 4 nitrogen and oxygen atoms in total. The summed E-state index contributed by atoms with van der Waals surface area (Å²) in [6.07, 6.45) is 4.94. The van der Waals surface area contributed by atoms with Gasteiger partial charge in [0.2, 0.25) is 11.5 Å². The summed E-state index contributed by atoms with van der Waals surface area (Å²) >= 11 is 0. The van der Waals surface area contributed by atoms with E-state index in [1.165, 1.54) is 19.3 Å². The van der Waals surface area contributed by atoms with Crippen LogP contribution in [-0.4, -0.2) is 11.5 Å². The number of nitriles is 1. The Morgan fingerprint density at radius 2 is 2.04 bits per heavy atom. The zero-order chi connectivity index (χ0) is 16.2. The van der Waals surface area contributed by atoms with E-state index in [1.54, 1.807) is 0 Å². The fraction of sp³-hybridized carbons (Fsp3) is 0.368. The molecule has 2 aromatic heterocycles. The van der Waals surface area contributed by atoms with Gasteiger partial charge in [0.25, 0.3) is 0 Å². The predicted octanol–water partition coefficient (Wildman–Crippen LogP) is 4.08. The van der Waals surface area contributed by atoms with Crippen LogP contribution in [0.25, 0.3) is 16.7 Å². The number of nitrogens with one attached hydrogen (secondary N) is 2. The lowest BCUT2D eigenvalue weighted by molar-refractivity contribution is -0.465. The number of nitrogens with zero attached hydrogens (tertiary/aromatic N) is 2. The van der Waals surface area contributed by atoms with Gasteiger partial charge in [-0.2, -0.15) is 9.66 Å². The van der Waals surface area contributed by atoms with Gasteiger partial charge in [-0.05, 0) is 31.0 Å². The van der Waals surface area contributed by atoms with Gasteiger partial charge in [0.1, 0.15) is 22.7 Å². The van der Waals surface area contributed by atoms with Crippen LogP contribution in [0.2, 0.25) is 0 Å². The summed E-state index contributed by atoms with van der Waals surface area (Å²) in [6.45, 7) is 5.17. The molecule has 23 heavy (non-hydrogen) atoms. The standard InChI is InChI=1S/C19H22N4/c1-3-4-5-8-11-21-18-12-14(2)15(13-20)19-22-16-9-6-7-10-17(16)23(18)19/h6-7,9-10,12H,3-5,8,11H2,1-2H3,(H,21,22)/p+1. The van der Waals surface area contributed by atoms with Gasteiger partial charge in [0, 0.05) is 6.07 Å². The molecule has 2 heterocycles. The molecule has 2 N–H and O–H groups in total. The predicted molar refractivity (Wildman–Crippen MR) is 93.5 cm³/mol. The van der Waals surface area contributed by atoms with E-state index in [4.69, 9.17) is 0 Å². The average Bonchev–Trinajstić information content (AvgIpc) is 2.94. The third-order valence-corrected chi connectivity index (χ3v) is 4.30. The quantitative estimate of drug-likeness (QED) is 0.532. The van der Waals surface area contributed by atoms with Gasteiger partial charge in [-0.25, -0.2) is 0 Å². The monoisotopic (exact) mass is 307 g/mol. The van der Waals surface area contributed by atoms with Gasteiger partial charge in [0.05, 0.1) is 6.54 Å². The highest BCUT2D eigenvalue weighted by Gasteiger charge is 2.19. The van der Waals surface area contributed by atoms with Gasteiger partial charge in [-0.15, -0.1) is 0 Å². The molecule has 0 unspecified atom stereocenters. The van der Waals surface area contributed by atoms with Crippen LogP contribution in [0, 0.1) is 18.3 Å². The summed E-state index contributed by atoms with van der Waals surface area (Å²) in [6, 6.07) is 12.6. The summed E-state index contributed by atoms with van der Waals surface area (Å²) in [7, 11) is 0. The lowest BCUT2D eigenvalue weighted by Crippen LogP contribution is -2.27. The van der Waals surface area contributed by atoms with E-state index in [0.717, 1.165) is 41.0 Å². The molecule has 0 aliphatic carbocycles. The van der Waals surface area contributed by atoms with Crippen molar-refractivity contribution in [1.29, 1.82) is 5.26 Å². The molecule has 118 valence electrons. The number of aromatic nitrogens is 2. The lowest BCUT2D eigenvalue weighted by atomic mass is 10.1. The van der Waals surface area contributed by atoms with E-state index in [9.17, 15) is 5.26 Å². The number of H-pyrrole nitrogens is 1. The third kappa shape index (κ3) is 2.87. The van der Waals surface area contributed by atoms with Crippen LogP contribution in [0.5, 0.6) is 0 Å². The number of imidazole rings is 1. The van der Waals surface area contributed by atoms with Gasteiger partial charge in [-0.1, -0.05) is 38.3 Å². The number of fused-ring (bicyclic) bond motifs is 3. The van der Waals surface area contributed by atoms with Crippen LogP contribution in [0.1, 0.15) is 43.7 Å². The second-order valence-corrected chi connectivity index (χ2v) is 6.01. The second kappa shape index (κ2) is 6.70. The fourth-order valence-corrected chi connectivity index (χ4v) is 3.07. The van der Waals surface area contributed by atoms with Crippen LogP contribution in [0.3, 0.4) is 0 Å². The first-order valence-corrected chi connectivity index (χ1v) is 8.36. The molecule has 0 fully saturated rings. The molecule has 0 aliphatic heterocycles. The van der Waals surface area contributed by atoms with E-state index in [2.05, 4.69) is 39.8 Å². The minimum absolute atomic E-state index is 0.706. The van der Waals surface area contributed by atoms with Crippen molar-refractivity contribution in [1.82, 2.24) is 4.98 Å². The van der Waals surface area contributed by atoms with Gasteiger partial charge in [0.15, 0.2) is 0 Å². The Kier molecular flexibility index (Phi) is 4.47. The molecular formula is C19H23N4+. The van der Waals surface area contributed by atoms with Crippen LogP contribution in [-0.2, 0) is 0 Å². The van der Waals surface area contributed by atoms with Gasteiger partial charge < -0.3 is 5.32 Å². The minimum Gasteiger partial charge on any atom is -0.305 e. The number of aromatic amines is 1. The smallest absolute Gasteiger partial charge is 0.250 e. The lowest BCUT2D eigenvalue weighted by Gasteiger charge is -2.06. The van der Waals surface area contributed by atoms with Gasteiger partial charge >= 0.3 is 0 Å². The Hall–Kier alpha value is -2.54. The van der Waals surface area contributed by atoms with Crippen molar-refractivity contribution in [2.75, 3.05) is 11.9 Å². The van der Waals surface area contributed by atoms with Crippen LogP contribution < -0.4 is 9.72 Å². The van der Waals surface area contributed by atoms with E-state index >= 15 is 0 Å². The zero-order valence-electron chi connectivity index (χ0n) is 13.8. The maximum atomic E-state index is 9.50. The molecule has 0 atom stereocenters. The van der Waals surface area contributed by atoms with Gasteiger partial charge in [-0.3, -0.25) is 4.98 Å². The highest BCUT2D eigenvalue weighted by atomic mass is 15.1. The van der Waals surface area contributed by atoms with Crippen molar-refractivity contribution in [3.63, 3.8) is 0 Å². The molecule has 0 bridgehead atoms. The Labute approximate surface area is 136 Å². The van der Waals surface area contributed by atoms with E-state index in [1.807, 2.05) is 25.1 Å². The molecule has 0 saturated carbocycles. The number of unbranched alkanes of at least 4 members (excludes halogenated alkanes) is 3. The third-order valence-electron chi connectivity index (χ3n) is 4.30. The Balaban J connectivity index is 2.05. The Morgan fingerprint density at radius 1 is 1.22 bits per heavy atom. The van der Waals surface area contributed by atoms with Crippen molar-refractivity contribution >= 4 is 22.5 Å². The maximum Gasteiger partial charge on any atom is 0.250 e. The number of para-hydroxylation sites is 2. The molecule has 4 heteroatoms. The SMILES string of the molecule is CCCCCCNc1cc(C)c(C#N)c2[nH]c3ccccc3[n+]12.